The topological polar surface area (TPSA) is 81.9 Å². The van der Waals surface area contributed by atoms with Crippen LogP contribution in [0.25, 0.3) is 5.69 Å². The normalized spacial score (nSPS) is 11.3. The van der Waals surface area contributed by atoms with Gasteiger partial charge in [0.25, 0.3) is 0 Å². The number of nitrogens with one attached hydrogen (secondary N) is 1. The van der Waals surface area contributed by atoms with Crippen molar-refractivity contribution in [3.05, 3.63) is 54.1 Å². The van der Waals surface area contributed by atoms with Crippen molar-refractivity contribution < 1.29 is 22.7 Å². The molecule has 0 aliphatic carbocycles. The number of anilines is 1. The summed E-state index contributed by atoms with van der Waals surface area (Å²) in [5, 5.41) is 14.0. The third kappa shape index (κ3) is 5.25. The number of carbonyl (C=O) groups excluding carboxylic acids is 1. The molecule has 29 heavy (non-hydrogen) atoms. The lowest BCUT2D eigenvalue weighted by Gasteiger charge is -2.13. The second-order valence-corrected chi connectivity index (χ2v) is 6.62. The Hall–Kier alpha value is -3.08. The summed E-state index contributed by atoms with van der Waals surface area (Å²) in [6.07, 6.45) is -4.56. The number of thioether (sulfide) groups is 1. The molecule has 0 radical (unpaired) electrons. The standard InChI is InChI=1S/C18H16F3N5O2S/c1-2-28-13-9-7-12(8-10-13)26-17(23-24-25-26)29-11-16(27)22-15-6-4-3-5-14(15)18(19,20)21/h3-10H,2,11H2,1H3,(H,22,27). The first-order valence-corrected chi connectivity index (χ1v) is 9.47. The van der Waals surface area contributed by atoms with E-state index in [0.29, 0.717) is 23.2 Å². The molecule has 152 valence electrons. The maximum atomic E-state index is 13.0. The summed E-state index contributed by atoms with van der Waals surface area (Å²) < 4.78 is 45.9. The smallest absolute Gasteiger partial charge is 0.418 e. The maximum Gasteiger partial charge on any atom is 0.418 e. The van der Waals surface area contributed by atoms with Gasteiger partial charge in [-0.3, -0.25) is 4.79 Å². The van der Waals surface area contributed by atoms with Gasteiger partial charge in [-0.15, -0.1) is 5.10 Å². The van der Waals surface area contributed by atoms with Crippen LogP contribution in [0.5, 0.6) is 5.75 Å². The molecule has 0 saturated heterocycles. The van der Waals surface area contributed by atoms with Crippen LogP contribution in [0.3, 0.4) is 0 Å². The first-order valence-electron chi connectivity index (χ1n) is 8.49. The number of amides is 1. The molecular weight excluding hydrogens is 407 g/mol. The Bertz CT molecular complexity index is 976. The molecule has 2 aromatic carbocycles. The quantitative estimate of drug-likeness (QED) is 0.582. The predicted molar refractivity (Wildman–Crippen MR) is 101 cm³/mol. The molecule has 0 bridgehead atoms. The molecule has 0 fully saturated rings. The Labute approximate surface area is 168 Å². The first kappa shape index (κ1) is 20.6. The Balaban J connectivity index is 1.66. The minimum Gasteiger partial charge on any atom is -0.494 e. The van der Waals surface area contributed by atoms with Crippen molar-refractivity contribution in [3.8, 4) is 11.4 Å². The van der Waals surface area contributed by atoms with Crippen LogP contribution in [0.2, 0.25) is 0 Å². The van der Waals surface area contributed by atoms with Gasteiger partial charge in [0, 0.05) is 0 Å². The highest BCUT2D eigenvalue weighted by atomic mass is 32.2. The summed E-state index contributed by atoms with van der Waals surface area (Å²) in [6, 6.07) is 11.8. The molecule has 0 atom stereocenters. The van der Waals surface area contributed by atoms with Gasteiger partial charge in [0.05, 0.1) is 29.3 Å². The van der Waals surface area contributed by atoms with Crippen molar-refractivity contribution in [2.45, 2.75) is 18.3 Å². The van der Waals surface area contributed by atoms with E-state index in [0.717, 1.165) is 17.8 Å². The van der Waals surface area contributed by atoms with Crippen LogP contribution in [0, 0.1) is 0 Å². The first-order chi connectivity index (χ1) is 13.9. The van der Waals surface area contributed by atoms with E-state index in [-0.39, 0.29) is 11.4 Å². The average molecular weight is 423 g/mol. The van der Waals surface area contributed by atoms with Gasteiger partial charge in [-0.2, -0.15) is 17.9 Å². The fraction of sp³-hybridized carbons (Fsp3) is 0.222. The Morgan fingerprint density at radius 2 is 1.90 bits per heavy atom. The van der Waals surface area contributed by atoms with E-state index in [1.54, 1.807) is 24.3 Å². The minimum atomic E-state index is -4.56. The SMILES string of the molecule is CCOc1ccc(-n2nnnc2SCC(=O)Nc2ccccc2C(F)(F)F)cc1. The number of hydrogen-bond acceptors (Lipinski definition) is 6. The molecule has 0 spiro atoms. The molecular formula is C18H16F3N5O2S. The maximum absolute atomic E-state index is 13.0. The number of rotatable bonds is 7. The van der Waals surface area contributed by atoms with Gasteiger partial charge in [0.1, 0.15) is 5.75 Å². The van der Waals surface area contributed by atoms with Gasteiger partial charge in [0.15, 0.2) is 0 Å². The Morgan fingerprint density at radius 1 is 1.17 bits per heavy atom. The fourth-order valence-electron chi connectivity index (χ4n) is 2.44. The predicted octanol–water partition coefficient (Wildman–Crippen LogP) is 3.81. The second-order valence-electron chi connectivity index (χ2n) is 5.68. The van der Waals surface area contributed by atoms with Crippen molar-refractivity contribution in [1.82, 2.24) is 20.2 Å². The Kier molecular flexibility index (Phi) is 6.37. The zero-order valence-corrected chi connectivity index (χ0v) is 16.0. The minimum absolute atomic E-state index is 0.163. The number of hydrogen-bond donors (Lipinski definition) is 1. The number of benzene rings is 2. The van der Waals surface area contributed by atoms with E-state index in [2.05, 4.69) is 20.8 Å². The van der Waals surface area contributed by atoms with Gasteiger partial charge in [-0.1, -0.05) is 23.9 Å². The van der Waals surface area contributed by atoms with Crippen LogP contribution < -0.4 is 10.1 Å². The monoisotopic (exact) mass is 423 g/mol. The number of nitrogens with zero attached hydrogens (tertiary/aromatic N) is 4. The molecule has 0 aliphatic heterocycles. The van der Waals surface area contributed by atoms with Crippen molar-refractivity contribution in [1.29, 1.82) is 0 Å². The van der Waals surface area contributed by atoms with Crippen LogP contribution in [-0.2, 0) is 11.0 Å². The molecule has 0 unspecified atom stereocenters. The van der Waals surface area contributed by atoms with Gasteiger partial charge in [0.2, 0.25) is 11.1 Å². The molecule has 0 aliphatic rings. The molecule has 3 rings (SSSR count). The Morgan fingerprint density at radius 3 is 2.59 bits per heavy atom. The highest BCUT2D eigenvalue weighted by Crippen LogP contribution is 2.34. The molecule has 7 nitrogen and oxygen atoms in total. The van der Waals surface area contributed by atoms with E-state index in [1.807, 2.05) is 6.92 Å². The molecule has 3 aromatic rings. The lowest BCUT2D eigenvalue weighted by molar-refractivity contribution is -0.137. The van der Waals surface area contributed by atoms with E-state index in [9.17, 15) is 18.0 Å². The van der Waals surface area contributed by atoms with Gasteiger partial charge in [-0.25, -0.2) is 0 Å². The number of carbonyl (C=O) groups is 1. The van der Waals surface area contributed by atoms with Crippen LogP contribution in [0.4, 0.5) is 18.9 Å². The highest BCUT2D eigenvalue weighted by molar-refractivity contribution is 7.99. The second kappa shape index (κ2) is 8.95. The molecule has 1 amide bonds. The number of halogens is 3. The summed E-state index contributed by atoms with van der Waals surface area (Å²) in [6.45, 7) is 2.42. The molecule has 1 N–H and O–H groups in total. The molecule has 0 saturated carbocycles. The zero-order chi connectivity index (χ0) is 20.9. The van der Waals surface area contributed by atoms with Gasteiger partial charge < -0.3 is 10.1 Å². The average Bonchev–Trinajstić information content (AvgIpc) is 3.15. The number of para-hydroxylation sites is 1. The van der Waals surface area contributed by atoms with E-state index in [1.165, 1.54) is 22.9 Å². The number of aromatic nitrogens is 4. The van der Waals surface area contributed by atoms with Crippen molar-refractivity contribution in [3.63, 3.8) is 0 Å². The summed E-state index contributed by atoms with van der Waals surface area (Å²) in [7, 11) is 0. The number of alkyl halides is 3. The summed E-state index contributed by atoms with van der Waals surface area (Å²) >= 11 is 1.01. The van der Waals surface area contributed by atoms with E-state index >= 15 is 0 Å². The molecule has 1 aromatic heterocycles. The fourth-order valence-corrected chi connectivity index (χ4v) is 3.13. The third-order valence-electron chi connectivity index (χ3n) is 3.67. The van der Waals surface area contributed by atoms with Crippen molar-refractivity contribution >= 4 is 23.4 Å². The lowest BCUT2D eigenvalue weighted by atomic mass is 10.1. The van der Waals surface area contributed by atoms with E-state index in [4.69, 9.17) is 4.74 Å². The summed E-state index contributed by atoms with van der Waals surface area (Å²) in [5.41, 5.74) is -0.543. The van der Waals surface area contributed by atoms with Crippen LogP contribution in [0.1, 0.15) is 12.5 Å². The van der Waals surface area contributed by atoms with Crippen molar-refractivity contribution in [2.75, 3.05) is 17.7 Å². The van der Waals surface area contributed by atoms with Gasteiger partial charge >= 0.3 is 6.18 Å². The number of ether oxygens (including phenoxy) is 1. The summed E-state index contributed by atoms with van der Waals surface area (Å²) in [5.74, 6) is -0.0713. The van der Waals surface area contributed by atoms with Gasteiger partial charge in [-0.05, 0) is 53.7 Å². The lowest BCUT2D eigenvalue weighted by Crippen LogP contribution is -2.18. The highest BCUT2D eigenvalue weighted by Gasteiger charge is 2.33. The van der Waals surface area contributed by atoms with Crippen LogP contribution in [-0.4, -0.2) is 38.5 Å². The largest absolute Gasteiger partial charge is 0.494 e. The zero-order valence-electron chi connectivity index (χ0n) is 15.2. The number of tetrazole rings is 1. The van der Waals surface area contributed by atoms with Crippen LogP contribution in [0.15, 0.2) is 53.7 Å². The molecule has 1 heterocycles. The van der Waals surface area contributed by atoms with E-state index < -0.39 is 17.6 Å². The molecule has 11 heteroatoms. The third-order valence-corrected chi connectivity index (χ3v) is 4.59. The summed E-state index contributed by atoms with van der Waals surface area (Å²) in [4.78, 5) is 12.2. The van der Waals surface area contributed by atoms with Crippen LogP contribution >= 0.6 is 11.8 Å². The van der Waals surface area contributed by atoms with Crippen molar-refractivity contribution in [2.24, 2.45) is 0 Å².